The summed E-state index contributed by atoms with van der Waals surface area (Å²) in [6, 6.07) is 10.3. The van der Waals surface area contributed by atoms with Crippen molar-refractivity contribution < 1.29 is 19.8 Å². The van der Waals surface area contributed by atoms with Crippen molar-refractivity contribution in [1.82, 2.24) is 0 Å². The quantitative estimate of drug-likeness (QED) is 0.778. The van der Waals surface area contributed by atoms with Crippen LogP contribution in [0.3, 0.4) is 0 Å². The maximum atomic E-state index is 9.55. The van der Waals surface area contributed by atoms with Gasteiger partial charge in [0.1, 0.15) is 0 Å². The van der Waals surface area contributed by atoms with Crippen molar-refractivity contribution in [3.8, 4) is 0 Å². The van der Waals surface area contributed by atoms with E-state index in [-0.39, 0.29) is 0 Å². The van der Waals surface area contributed by atoms with Gasteiger partial charge in [-0.15, -0.1) is 0 Å². The van der Waals surface area contributed by atoms with Crippen LogP contribution in [0, 0.1) is 0 Å². The van der Waals surface area contributed by atoms with Crippen molar-refractivity contribution >= 4 is 17.6 Å². The third-order valence-electron chi connectivity index (χ3n) is 1.64. The Morgan fingerprint density at radius 1 is 1.00 bits per heavy atom. The van der Waals surface area contributed by atoms with Gasteiger partial charge in [-0.3, -0.25) is 0 Å². The van der Waals surface area contributed by atoms with Crippen LogP contribution in [0.1, 0.15) is 0 Å². The topological polar surface area (TPSA) is 77.8 Å². The second-order valence-corrected chi connectivity index (χ2v) is 3.24. The van der Waals surface area contributed by atoms with E-state index >= 15 is 0 Å². The molecule has 17 heavy (non-hydrogen) atoms. The zero-order valence-corrected chi connectivity index (χ0v) is 9.70. The minimum atomic E-state index is -1.26. The molecule has 0 saturated heterocycles. The van der Waals surface area contributed by atoms with Crippen molar-refractivity contribution in [3.05, 3.63) is 42.5 Å². The molecule has 0 atom stereocenters. The molecule has 0 spiro atoms. The van der Waals surface area contributed by atoms with E-state index < -0.39 is 11.9 Å². The number of rotatable bonds is 3. The van der Waals surface area contributed by atoms with Gasteiger partial charge in [0, 0.05) is 31.9 Å². The predicted octanol–water partition coefficient (Wildman–Crippen LogP) is 1.46. The second-order valence-electron chi connectivity index (χ2n) is 3.24. The van der Waals surface area contributed by atoms with E-state index in [0.717, 1.165) is 0 Å². The minimum absolute atomic E-state index is 0.558. The summed E-state index contributed by atoms with van der Waals surface area (Å²) in [4.78, 5) is 21.2. The fraction of sp³-hybridized carbons (Fsp3) is 0.167. The van der Waals surface area contributed by atoms with Crippen LogP contribution in [0.4, 0.5) is 5.69 Å². The van der Waals surface area contributed by atoms with Crippen LogP contribution in [0.5, 0.6) is 0 Å². The molecule has 5 nitrogen and oxygen atoms in total. The molecule has 0 radical (unpaired) electrons. The molecule has 5 heteroatoms. The van der Waals surface area contributed by atoms with Crippen LogP contribution >= 0.6 is 0 Å². The van der Waals surface area contributed by atoms with E-state index in [0.29, 0.717) is 12.2 Å². The van der Waals surface area contributed by atoms with Crippen molar-refractivity contribution in [2.24, 2.45) is 0 Å². The fourth-order valence-corrected chi connectivity index (χ4v) is 0.869. The third-order valence-corrected chi connectivity index (χ3v) is 1.64. The molecule has 0 bridgehead atoms. The van der Waals surface area contributed by atoms with Gasteiger partial charge >= 0.3 is 11.9 Å². The van der Waals surface area contributed by atoms with Crippen LogP contribution in [-0.4, -0.2) is 36.2 Å². The summed E-state index contributed by atoms with van der Waals surface area (Å²) in [6.07, 6.45) is 1.12. The van der Waals surface area contributed by atoms with E-state index in [9.17, 15) is 9.59 Å². The van der Waals surface area contributed by atoms with Gasteiger partial charge in [-0.2, -0.15) is 0 Å². The summed E-state index contributed by atoms with van der Waals surface area (Å²) in [5, 5.41) is 15.6. The van der Waals surface area contributed by atoms with Crippen molar-refractivity contribution in [2.45, 2.75) is 0 Å². The summed E-state index contributed by atoms with van der Waals surface area (Å²) in [6.45, 7) is 0. The highest BCUT2D eigenvalue weighted by atomic mass is 16.4. The Hall–Kier alpha value is -2.30. The van der Waals surface area contributed by atoms with Crippen molar-refractivity contribution in [2.75, 3.05) is 19.0 Å². The normalized spacial score (nSPS) is 9.29. The lowest BCUT2D eigenvalue weighted by Gasteiger charge is -2.10. The first-order chi connectivity index (χ1) is 7.93. The first-order valence-electron chi connectivity index (χ1n) is 4.79. The Labute approximate surface area is 99.6 Å². The molecule has 0 unspecified atom stereocenters. The summed E-state index contributed by atoms with van der Waals surface area (Å²) >= 11 is 0. The SMILES string of the molecule is CN(C)c1ccccc1.O=C(O)/C=C\C(=O)O. The van der Waals surface area contributed by atoms with Crippen molar-refractivity contribution in [1.29, 1.82) is 0 Å². The van der Waals surface area contributed by atoms with Crippen LogP contribution in [-0.2, 0) is 9.59 Å². The molecule has 0 fully saturated rings. The number of hydrogen-bond donors (Lipinski definition) is 2. The van der Waals surface area contributed by atoms with Gasteiger partial charge in [0.2, 0.25) is 0 Å². The molecule has 0 heterocycles. The van der Waals surface area contributed by atoms with Gasteiger partial charge in [0.25, 0.3) is 0 Å². The number of carboxylic acid groups (broad SMARTS) is 2. The molecule has 92 valence electrons. The van der Waals surface area contributed by atoms with Gasteiger partial charge in [0.15, 0.2) is 0 Å². The Balaban J connectivity index is 0.000000304. The number of benzene rings is 1. The smallest absolute Gasteiger partial charge is 0.328 e. The Kier molecular flexibility index (Phi) is 6.85. The highest BCUT2D eigenvalue weighted by Crippen LogP contribution is 2.07. The average molecular weight is 237 g/mol. The highest BCUT2D eigenvalue weighted by molar-refractivity contribution is 5.89. The zero-order chi connectivity index (χ0) is 13.3. The molecule has 1 rings (SSSR count). The molecule has 0 aliphatic heterocycles. The molecule has 1 aromatic rings. The molecule has 1 aromatic carbocycles. The summed E-state index contributed by atoms with van der Waals surface area (Å²) < 4.78 is 0. The molecular weight excluding hydrogens is 222 g/mol. The molecule has 0 aromatic heterocycles. The van der Waals surface area contributed by atoms with Crippen LogP contribution in [0.2, 0.25) is 0 Å². The van der Waals surface area contributed by atoms with E-state index in [4.69, 9.17) is 10.2 Å². The van der Waals surface area contributed by atoms with Crippen LogP contribution in [0.15, 0.2) is 42.5 Å². The monoisotopic (exact) mass is 237 g/mol. The fourth-order valence-electron chi connectivity index (χ4n) is 0.869. The maximum Gasteiger partial charge on any atom is 0.328 e. The number of anilines is 1. The number of aliphatic carboxylic acids is 2. The highest BCUT2D eigenvalue weighted by Gasteiger charge is 1.88. The van der Waals surface area contributed by atoms with E-state index in [2.05, 4.69) is 17.0 Å². The lowest BCUT2D eigenvalue weighted by Crippen LogP contribution is -2.07. The molecule has 0 saturated carbocycles. The minimum Gasteiger partial charge on any atom is -0.478 e. The number of para-hydroxylation sites is 1. The Morgan fingerprint density at radius 2 is 1.41 bits per heavy atom. The standard InChI is InChI=1S/C8H11N.C4H4O4/c1-9(2)8-6-4-3-5-7-8;5-3(6)1-2-4(7)8/h3-7H,1-2H3;1-2H,(H,5,6)(H,7,8)/b;2-1-. The zero-order valence-electron chi connectivity index (χ0n) is 9.70. The largest absolute Gasteiger partial charge is 0.478 e. The molecule has 0 amide bonds. The lowest BCUT2D eigenvalue weighted by atomic mass is 10.3. The van der Waals surface area contributed by atoms with E-state index in [1.165, 1.54) is 5.69 Å². The van der Waals surface area contributed by atoms with Gasteiger partial charge < -0.3 is 15.1 Å². The second kappa shape index (κ2) is 7.92. The average Bonchev–Trinajstić information content (AvgIpc) is 2.28. The summed E-state index contributed by atoms with van der Waals surface area (Å²) in [5.74, 6) is -2.51. The van der Waals surface area contributed by atoms with Gasteiger partial charge in [-0.25, -0.2) is 9.59 Å². The van der Waals surface area contributed by atoms with E-state index in [1.54, 1.807) is 0 Å². The number of hydrogen-bond acceptors (Lipinski definition) is 3. The molecule has 0 aliphatic rings. The first-order valence-corrected chi connectivity index (χ1v) is 4.79. The molecule has 2 N–H and O–H groups in total. The predicted molar refractivity (Wildman–Crippen MR) is 65.2 cm³/mol. The summed E-state index contributed by atoms with van der Waals surface area (Å²) in [5.41, 5.74) is 1.25. The number of carboxylic acids is 2. The van der Waals surface area contributed by atoms with Crippen LogP contribution in [0.25, 0.3) is 0 Å². The number of nitrogens with zero attached hydrogens (tertiary/aromatic N) is 1. The van der Waals surface area contributed by atoms with Crippen molar-refractivity contribution in [3.63, 3.8) is 0 Å². The number of carbonyl (C=O) groups is 2. The Morgan fingerprint density at radius 3 is 1.65 bits per heavy atom. The van der Waals surface area contributed by atoms with Crippen LogP contribution < -0.4 is 4.90 Å². The first kappa shape index (κ1) is 14.7. The molecule has 0 aliphatic carbocycles. The van der Waals surface area contributed by atoms with Gasteiger partial charge in [-0.1, -0.05) is 18.2 Å². The molecular formula is C12H15NO4. The van der Waals surface area contributed by atoms with Gasteiger partial charge in [0.05, 0.1) is 0 Å². The van der Waals surface area contributed by atoms with Gasteiger partial charge in [-0.05, 0) is 12.1 Å². The maximum absolute atomic E-state index is 9.55. The summed E-state index contributed by atoms with van der Waals surface area (Å²) in [7, 11) is 4.07. The lowest BCUT2D eigenvalue weighted by molar-refractivity contribution is -0.134. The van der Waals surface area contributed by atoms with E-state index in [1.807, 2.05) is 32.3 Å². The Bertz CT molecular complexity index is 369. The third kappa shape index (κ3) is 8.68.